The molecule has 0 spiro atoms. The molecule has 1 saturated heterocycles. The number of anilines is 4. The molecule has 1 fully saturated rings. The number of benzene rings is 1. The molecule has 0 bridgehead atoms. The van der Waals surface area contributed by atoms with Gasteiger partial charge in [0.2, 0.25) is 0 Å². The highest BCUT2D eigenvalue weighted by atomic mass is 19.1. The van der Waals surface area contributed by atoms with Gasteiger partial charge >= 0.3 is 5.97 Å². The number of nitrogens with zero attached hydrogens (tertiary/aromatic N) is 5. The number of amides is 1. The highest BCUT2D eigenvalue weighted by Gasteiger charge is 2.32. The van der Waals surface area contributed by atoms with Gasteiger partial charge < -0.3 is 33.7 Å². The van der Waals surface area contributed by atoms with Gasteiger partial charge in [0, 0.05) is 63.2 Å². The maximum atomic E-state index is 15.5. The number of esters is 1. The summed E-state index contributed by atoms with van der Waals surface area (Å²) in [7, 11) is 1.61. The maximum Gasteiger partial charge on any atom is 0.302 e. The van der Waals surface area contributed by atoms with Crippen molar-refractivity contribution in [1.82, 2.24) is 14.1 Å². The maximum absolute atomic E-state index is 15.5. The summed E-state index contributed by atoms with van der Waals surface area (Å²) in [6, 6.07) is 10.0. The first-order valence-electron chi connectivity index (χ1n) is 16.0. The minimum atomic E-state index is -0.557. The van der Waals surface area contributed by atoms with Crippen LogP contribution in [0.5, 0.6) is 0 Å². The van der Waals surface area contributed by atoms with Gasteiger partial charge in [-0.05, 0) is 73.2 Å². The van der Waals surface area contributed by atoms with E-state index < -0.39 is 11.8 Å². The molecule has 3 aromatic heterocycles. The molecular weight excluding hydrogens is 603 g/mol. The number of aromatic nitrogens is 3. The Hall–Kier alpha value is -4.97. The summed E-state index contributed by atoms with van der Waals surface area (Å²) < 4.78 is 29.9. The van der Waals surface area contributed by atoms with Crippen LogP contribution in [0, 0.1) is 5.82 Å². The van der Waals surface area contributed by atoms with Gasteiger partial charge in [0.05, 0.1) is 30.8 Å². The van der Waals surface area contributed by atoms with Crippen molar-refractivity contribution in [2.75, 3.05) is 48.0 Å². The molecule has 12 heteroatoms. The molecule has 4 aromatic rings. The first-order valence-corrected chi connectivity index (χ1v) is 16.0. The molecule has 1 N–H and O–H groups in total. The van der Waals surface area contributed by atoms with E-state index in [1.807, 2.05) is 12.1 Å². The van der Waals surface area contributed by atoms with E-state index in [-0.39, 0.29) is 23.8 Å². The Labute approximate surface area is 271 Å². The van der Waals surface area contributed by atoms with Crippen LogP contribution in [0.3, 0.4) is 0 Å². The Morgan fingerprint density at radius 3 is 2.62 bits per heavy atom. The average molecular weight is 641 g/mol. The lowest BCUT2D eigenvalue weighted by atomic mass is 9.97. The van der Waals surface area contributed by atoms with Crippen molar-refractivity contribution in [1.29, 1.82) is 0 Å². The number of carbonyl (C=O) groups excluding carboxylic acids is 2. The molecular formula is C35H37FN6O5. The minimum Gasteiger partial charge on any atom is -0.461 e. The number of pyridine rings is 2. The Morgan fingerprint density at radius 1 is 1.04 bits per heavy atom. The third-order valence-corrected chi connectivity index (χ3v) is 9.20. The number of rotatable bonds is 7. The fourth-order valence-electron chi connectivity index (χ4n) is 6.87. The second kappa shape index (κ2) is 12.7. The fraction of sp³-hybridized carbons (Fsp3) is 0.371. The van der Waals surface area contributed by atoms with Crippen molar-refractivity contribution in [2.45, 2.75) is 45.8 Å². The van der Waals surface area contributed by atoms with Crippen LogP contribution < -0.4 is 20.7 Å². The zero-order valence-electron chi connectivity index (χ0n) is 26.6. The van der Waals surface area contributed by atoms with Crippen LogP contribution in [0.4, 0.5) is 27.3 Å². The SMILES string of the molecule is CC(=O)OCc1c(-c2cc(Nc3ccc(N4CCOCC4)cn3)c(=O)n(C)c2)cc(F)cc1N1CCn2c(cc3c2CCCC3)C1=O. The first-order chi connectivity index (χ1) is 22.8. The Kier molecular flexibility index (Phi) is 8.27. The number of aryl methyl sites for hydroxylation is 2. The molecule has 0 unspecified atom stereocenters. The number of halogens is 1. The predicted molar refractivity (Wildman–Crippen MR) is 176 cm³/mol. The number of carbonyl (C=O) groups is 2. The number of morpholine rings is 1. The van der Waals surface area contributed by atoms with E-state index in [1.54, 1.807) is 36.5 Å². The number of ether oxygens (including phenoxy) is 2. The molecule has 5 heterocycles. The Bertz CT molecular complexity index is 1910. The van der Waals surface area contributed by atoms with E-state index in [0.717, 1.165) is 44.5 Å². The fourth-order valence-corrected chi connectivity index (χ4v) is 6.87. The van der Waals surface area contributed by atoms with Gasteiger partial charge in [-0.2, -0.15) is 0 Å². The lowest BCUT2D eigenvalue weighted by Gasteiger charge is -2.32. The highest BCUT2D eigenvalue weighted by molar-refractivity contribution is 6.07. The largest absolute Gasteiger partial charge is 0.461 e. The quantitative estimate of drug-likeness (QED) is 0.293. The third kappa shape index (κ3) is 6.00. The van der Waals surface area contributed by atoms with Gasteiger partial charge in [-0.1, -0.05) is 0 Å². The molecule has 0 atom stereocenters. The summed E-state index contributed by atoms with van der Waals surface area (Å²) in [5, 5.41) is 3.12. The molecule has 47 heavy (non-hydrogen) atoms. The Balaban J connectivity index is 1.25. The van der Waals surface area contributed by atoms with E-state index in [0.29, 0.717) is 60.2 Å². The zero-order valence-corrected chi connectivity index (χ0v) is 26.6. The van der Waals surface area contributed by atoms with E-state index in [4.69, 9.17) is 9.47 Å². The van der Waals surface area contributed by atoms with Crippen LogP contribution >= 0.6 is 0 Å². The second-order valence-corrected chi connectivity index (χ2v) is 12.2. The van der Waals surface area contributed by atoms with Crippen molar-refractivity contribution < 1.29 is 23.5 Å². The number of fused-ring (bicyclic) bond motifs is 3. The molecule has 0 radical (unpaired) electrons. The van der Waals surface area contributed by atoms with Gasteiger partial charge in [0.15, 0.2) is 0 Å². The molecule has 2 aliphatic heterocycles. The smallest absolute Gasteiger partial charge is 0.302 e. The number of hydrogen-bond acceptors (Lipinski definition) is 8. The van der Waals surface area contributed by atoms with Crippen LogP contribution in [0.1, 0.15) is 47.1 Å². The van der Waals surface area contributed by atoms with Gasteiger partial charge in [0.25, 0.3) is 11.5 Å². The molecule has 1 aliphatic carbocycles. The summed E-state index contributed by atoms with van der Waals surface area (Å²) >= 11 is 0. The zero-order chi connectivity index (χ0) is 32.7. The number of hydrogen-bond donors (Lipinski definition) is 1. The normalized spacial score (nSPS) is 16.1. The van der Waals surface area contributed by atoms with Crippen LogP contribution in [-0.4, -0.2) is 58.8 Å². The molecule has 1 aromatic carbocycles. The van der Waals surface area contributed by atoms with Crippen molar-refractivity contribution in [2.24, 2.45) is 7.05 Å². The summed E-state index contributed by atoms with van der Waals surface area (Å²) in [5.41, 5.74) is 5.62. The summed E-state index contributed by atoms with van der Waals surface area (Å²) in [4.78, 5) is 47.5. The molecule has 244 valence electrons. The van der Waals surface area contributed by atoms with Crippen LogP contribution in [0.2, 0.25) is 0 Å². The molecule has 7 rings (SSSR count). The van der Waals surface area contributed by atoms with Gasteiger partial charge in [-0.25, -0.2) is 9.37 Å². The van der Waals surface area contributed by atoms with E-state index >= 15 is 4.39 Å². The summed E-state index contributed by atoms with van der Waals surface area (Å²) in [5.74, 6) is -0.813. The molecule has 11 nitrogen and oxygen atoms in total. The van der Waals surface area contributed by atoms with Gasteiger partial charge in [-0.15, -0.1) is 0 Å². The van der Waals surface area contributed by atoms with Crippen molar-refractivity contribution >= 4 is 34.8 Å². The predicted octanol–water partition coefficient (Wildman–Crippen LogP) is 4.57. The average Bonchev–Trinajstić information content (AvgIpc) is 3.46. The standard InChI is InChI=1S/C35H37FN6O5/c1-22(43)47-21-28-27(17-25(36)18-31(28)42-10-9-41-30-6-4-3-5-23(30)16-32(41)35(42)45)24-15-29(34(44)39(2)20-24)38-33-8-7-26(19-37-33)40-11-13-46-14-12-40/h7-8,15-20H,3-6,9-14,21H2,1-2H3,(H,37,38). The number of nitrogens with one attached hydrogen (secondary N) is 1. The Morgan fingerprint density at radius 2 is 1.85 bits per heavy atom. The monoisotopic (exact) mass is 640 g/mol. The van der Waals surface area contributed by atoms with E-state index in [1.165, 1.54) is 34.9 Å². The van der Waals surface area contributed by atoms with Gasteiger partial charge in [0.1, 0.15) is 29.6 Å². The summed E-state index contributed by atoms with van der Waals surface area (Å²) in [6.45, 7) is 4.92. The van der Waals surface area contributed by atoms with E-state index in [2.05, 4.69) is 19.8 Å². The molecule has 1 amide bonds. The van der Waals surface area contributed by atoms with E-state index in [9.17, 15) is 14.4 Å². The minimum absolute atomic E-state index is 0.183. The van der Waals surface area contributed by atoms with Crippen LogP contribution in [-0.2, 0) is 47.3 Å². The van der Waals surface area contributed by atoms with Crippen molar-refractivity contribution in [3.63, 3.8) is 0 Å². The van der Waals surface area contributed by atoms with Gasteiger partial charge in [-0.3, -0.25) is 14.4 Å². The highest BCUT2D eigenvalue weighted by Crippen LogP contribution is 2.37. The third-order valence-electron chi connectivity index (χ3n) is 9.20. The van der Waals surface area contributed by atoms with Crippen molar-refractivity contribution in [3.05, 3.63) is 87.5 Å². The van der Waals surface area contributed by atoms with Crippen LogP contribution in [0.25, 0.3) is 11.1 Å². The molecule has 0 saturated carbocycles. The van der Waals surface area contributed by atoms with Crippen molar-refractivity contribution in [3.8, 4) is 11.1 Å². The first kappa shape index (κ1) is 30.7. The lowest BCUT2D eigenvalue weighted by Crippen LogP contribution is -2.41. The summed E-state index contributed by atoms with van der Waals surface area (Å²) in [6.07, 6.45) is 7.44. The van der Waals surface area contributed by atoms with Crippen LogP contribution in [0.15, 0.2) is 53.6 Å². The topological polar surface area (TPSA) is 111 Å². The lowest BCUT2D eigenvalue weighted by molar-refractivity contribution is -0.142. The second-order valence-electron chi connectivity index (χ2n) is 12.2. The molecule has 3 aliphatic rings.